The quantitative estimate of drug-likeness (QED) is 0.894. The summed E-state index contributed by atoms with van der Waals surface area (Å²) in [5, 5.41) is 11.7. The second-order valence-electron chi connectivity index (χ2n) is 3.43. The van der Waals surface area contributed by atoms with Crippen LogP contribution in [0.3, 0.4) is 0 Å². The normalized spacial score (nSPS) is 9.78. The van der Waals surface area contributed by atoms with Crippen molar-refractivity contribution in [2.24, 2.45) is 0 Å². The van der Waals surface area contributed by atoms with Crippen LogP contribution in [0, 0.1) is 11.3 Å². The van der Waals surface area contributed by atoms with Gasteiger partial charge in [-0.1, -0.05) is 29.8 Å². The number of nitriles is 1. The molecule has 2 rings (SSSR count). The van der Waals surface area contributed by atoms with Crippen LogP contribution in [0.5, 0.6) is 0 Å². The minimum absolute atomic E-state index is 0.117. The van der Waals surface area contributed by atoms with Crippen LogP contribution in [0.2, 0.25) is 5.02 Å². The van der Waals surface area contributed by atoms with Crippen LogP contribution in [0.25, 0.3) is 0 Å². The number of para-hydroxylation sites is 1. The van der Waals surface area contributed by atoms with Crippen LogP contribution >= 0.6 is 11.6 Å². The van der Waals surface area contributed by atoms with Crippen molar-refractivity contribution in [1.29, 1.82) is 5.26 Å². The summed E-state index contributed by atoms with van der Waals surface area (Å²) in [5.74, 6) is -1.11. The van der Waals surface area contributed by atoms with Gasteiger partial charge in [-0.3, -0.25) is 0 Å². The maximum atomic E-state index is 9.48. The second kappa shape index (κ2) is 4.82. The summed E-state index contributed by atoms with van der Waals surface area (Å²) in [6.45, 7) is 0. The van der Waals surface area contributed by atoms with E-state index in [1.54, 1.807) is 30.3 Å². The molecule has 0 bridgehead atoms. The van der Waals surface area contributed by atoms with E-state index in [2.05, 4.69) is 10.3 Å². The van der Waals surface area contributed by atoms with E-state index in [0.29, 0.717) is 5.69 Å². The van der Waals surface area contributed by atoms with Gasteiger partial charge < -0.3 is 5.32 Å². The number of pyridine rings is 1. The summed E-state index contributed by atoms with van der Waals surface area (Å²) < 4.78 is 0. The van der Waals surface area contributed by atoms with Crippen molar-refractivity contribution in [3.63, 3.8) is 0 Å². The molecule has 0 aliphatic carbocycles. The molecular formula is C12H6ClN5. The van der Waals surface area contributed by atoms with E-state index in [-0.39, 0.29) is 16.3 Å². The first-order chi connectivity index (χ1) is 8.63. The monoisotopic (exact) mass is 255 g/mol. The lowest BCUT2D eigenvalue weighted by Crippen LogP contribution is -1.99. The third kappa shape index (κ3) is 2.14. The number of anilines is 2. The molecule has 0 saturated heterocycles. The van der Waals surface area contributed by atoms with Crippen molar-refractivity contribution in [2.75, 3.05) is 5.32 Å². The Kier molecular flexibility index (Phi) is 3.22. The number of hydrogen-bond acceptors (Lipinski definition) is 3. The van der Waals surface area contributed by atoms with Crippen LogP contribution in [-0.4, -0.2) is 4.98 Å². The molecule has 0 saturated carbocycles. The molecule has 2 aromatic rings. The van der Waals surface area contributed by atoms with E-state index >= 15 is 0 Å². The Morgan fingerprint density at radius 2 is 1.78 bits per heavy atom. The number of benzene rings is 1. The summed E-state index contributed by atoms with van der Waals surface area (Å²) in [4.78, 5) is 3.36. The van der Waals surface area contributed by atoms with Gasteiger partial charge in [-0.25, -0.2) is 4.98 Å². The van der Waals surface area contributed by atoms with Crippen molar-refractivity contribution in [2.45, 2.75) is 0 Å². The summed E-state index contributed by atoms with van der Waals surface area (Å²) in [6, 6.07) is 10.7. The molecule has 1 N–H and O–H groups in total. The zero-order valence-corrected chi connectivity index (χ0v) is 9.81. The van der Waals surface area contributed by atoms with Crippen LogP contribution in [0.1, 0.15) is 5.56 Å². The predicted octanol–water partition coefficient (Wildman–Crippen LogP) is 2.75. The number of hydrogen-bond donors (Lipinski definition) is 1. The minimum Gasteiger partial charge on any atom is -0.353 e. The zero-order chi connectivity index (χ0) is 13.1. The molecule has 4 radical (unpaired) electrons. The van der Waals surface area contributed by atoms with Crippen molar-refractivity contribution >= 4 is 34.6 Å². The van der Waals surface area contributed by atoms with Crippen molar-refractivity contribution in [3.8, 4) is 6.07 Å². The molecule has 1 aromatic carbocycles. The molecule has 1 aromatic heterocycles. The summed E-state index contributed by atoms with van der Waals surface area (Å²) in [7, 11) is 0. The number of nitrogens with one attached hydrogen (secondary N) is 1. The Hall–Kier alpha value is -2.45. The highest BCUT2D eigenvalue weighted by molar-refractivity contribution is 6.35. The maximum absolute atomic E-state index is 9.48. The molecule has 86 valence electrons. The third-order valence-corrected chi connectivity index (χ3v) is 2.61. The fourth-order valence-corrected chi connectivity index (χ4v) is 1.61. The lowest BCUT2D eigenvalue weighted by Gasteiger charge is -2.11. The maximum Gasteiger partial charge on any atom is 0.197 e. The molecule has 1 heterocycles. The Bertz CT molecular complexity index is 619. The summed E-state index contributed by atoms with van der Waals surface area (Å²) in [6.07, 6.45) is 0. The highest BCUT2D eigenvalue weighted by Crippen LogP contribution is 2.36. The van der Waals surface area contributed by atoms with E-state index in [1.165, 1.54) is 0 Å². The Balaban J connectivity index is 2.54. The highest BCUT2D eigenvalue weighted by Gasteiger charge is 2.17. The van der Waals surface area contributed by atoms with E-state index < -0.39 is 11.6 Å². The fraction of sp³-hybridized carbons (Fsp3) is 0. The smallest absolute Gasteiger partial charge is 0.197 e. The average molecular weight is 256 g/mol. The Morgan fingerprint density at radius 1 is 1.11 bits per heavy atom. The molecule has 5 nitrogen and oxygen atoms in total. The molecule has 0 aliphatic rings. The van der Waals surface area contributed by atoms with E-state index in [4.69, 9.17) is 16.9 Å². The van der Waals surface area contributed by atoms with Crippen LogP contribution in [0.15, 0.2) is 30.3 Å². The summed E-state index contributed by atoms with van der Waals surface area (Å²) in [5.41, 5.74) is 19.6. The molecule has 0 amide bonds. The minimum atomic E-state index is -0.571. The molecule has 0 unspecified atom stereocenters. The molecule has 6 heteroatoms. The van der Waals surface area contributed by atoms with Gasteiger partial charge in [0.2, 0.25) is 0 Å². The fourth-order valence-electron chi connectivity index (χ4n) is 1.43. The second-order valence-corrected chi connectivity index (χ2v) is 3.80. The van der Waals surface area contributed by atoms with Gasteiger partial charge in [-0.15, -0.1) is 11.5 Å². The van der Waals surface area contributed by atoms with Gasteiger partial charge in [0.1, 0.15) is 16.7 Å². The molecule has 18 heavy (non-hydrogen) atoms. The van der Waals surface area contributed by atoms with Gasteiger partial charge in [0.05, 0.1) is 5.69 Å². The molecule has 0 atom stereocenters. The Labute approximate surface area is 109 Å². The molecule has 0 spiro atoms. The number of rotatable bonds is 2. The van der Waals surface area contributed by atoms with Gasteiger partial charge in [0.15, 0.2) is 11.6 Å². The van der Waals surface area contributed by atoms with Crippen molar-refractivity contribution < 1.29 is 0 Å². The first-order valence-corrected chi connectivity index (χ1v) is 5.35. The number of halogens is 1. The highest BCUT2D eigenvalue weighted by atomic mass is 35.5. The van der Waals surface area contributed by atoms with Crippen molar-refractivity contribution in [1.82, 2.24) is 16.5 Å². The number of aromatic nitrogens is 1. The topological polar surface area (TPSA) is 93.3 Å². The van der Waals surface area contributed by atoms with Crippen LogP contribution < -0.4 is 16.8 Å². The van der Waals surface area contributed by atoms with Gasteiger partial charge in [0, 0.05) is 5.69 Å². The van der Waals surface area contributed by atoms with E-state index in [9.17, 15) is 11.5 Å². The predicted molar refractivity (Wildman–Crippen MR) is 67.3 cm³/mol. The SMILES string of the molecule is [N]c1nc([N])c(C#N)c(Nc2ccccc2)c1Cl. The lowest BCUT2D eigenvalue weighted by atomic mass is 10.2. The molecular weight excluding hydrogens is 250 g/mol. The molecule has 0 aliphatic heterocycles. The van der Waals surface area contributed by atoms with E-state index in [0.717, 1.165) is 0 Å². The van der Waals surface area contributed by atoms with E-state index in [1.807, 2.05) is 6.07 Å². The first-order valence-electron chi connectivity index (χ1n) is 4.97. The van der Waals surface area contributed by atoms with Gasteiger partial charge in [-0.2, -0.15) is 5.26 Å². The average Bonchev–Trinajstić information content (AvgIpc) is 2.37. The lowest BCUT2D eigenvalue weighted by molar-refractivity contribution is 1.19. The van der Waals surface area contributed by atoms with Crippen molar-refractivity contribution in [3.05, 3.63) is 40.9 Å². The summed E-state index contributed by atoms with van der Waals surface area (Å²) >= 11 is 5.86. The van der Waals surface area contributed by atoms with Crippen LogP contribution in [0.4, 0.5) is 23.0 Å². The largest absolute Gasteiger partial charge is 0.353 e. The molecule has 0 fully saturated rings. The first kappa shape index (κ1) is 12.0. The zero-order valence-electron chi connectivity index (χ0n) is 9.05. The number of nitrogens with zero attached hydrogens (tertiary/aromatic N) is 4. The third-order valence-electron chi connectivity index (χ3n) is 2.26. The standard InChI is InChI=1S/C12H6ClN5/c13-9-10(17-7-4-2-1-3-5-7)8(6-14)11(15)18-12(9)16/h1-5H,(H,17,18). The Morgan fingerprint density at radius 3 is 2.39 bits per heavy atom. The van der Waals surface area contributed by atoms with Crippen LogP contribution in [-0.2, 0) is 0 Å². The van der Waals surface area contributed by atoms with Gasteiger partial charge in [-0.05, 0) is 12.1 Å². The van der Waals surface area contributed by atoms with Gasteiger partial charge >= 0.3 is 0 Å². The van der Waals surface area contributed by atoms with Gasteiger partial charge in [0.25, 0.3) is 0 Å².